The molecule has 1 nitrogen and oxygen atoms in total. The van der Waals surface area contributed by atoms with E-state index in [-0.39, 0.29) is 104 Å². The summed E-state index contributed by atoms with van der Waals surface area (Å²) in [7, 11) is 0. The summed E-state index contributed by atoms with van der Waals surface area (Å²) in [5, 5.41) is 0. The number of rotatable bonds is 0. The molecule has 0 fully saturated rings. The van der Waals surface area contributed by atoms with Gasteiger partial charge in [0, 0.05) is 104 Å². The molecule has 0 atom stereocenters. The van der Waals surface area contributed by atoms with Gasteiger partial charge in [0.2, 0.25) is 0 Å². The maximum atomic E-state index is 0. The summed E-state index contributed by atoms with van der Waals surface area (Å²) in [4.78, 5) is 0. The molecule has 0 aliphatic heterocycles. The van der Waals surface area contributed by atoms with E-state index < -0.39 is 0 Å². The van der Waals surface area contributed by atoms with Crippen LogP contribution >= 0.6 is 0 Å². The standard InChI is InChI=1S/Ce.2Fe.N.Ti. The van der Waals surface area contributed by atoms with Gasteiger partial charge in [-0.1, -0.05) is 0 Å². The van der Waals surface area contributed by atoms with Crippen LogP contribution in [0.2, 0.25) is 0 Å². The van der Waals surface area contributed by atoms with Crippen molar-refractivity contribution in [1.29, 1.82) is 0 Å². The van der Waals surface area contributed by atoms with Gasteiger partial charge in [-0.05, 0) is 0 Å². The van der Waals surface area contributed by atoms with Crippen LogP contribution in [0.15, 0.2) is 0 Å². The zero-order chi connectivity index (χ0) is 0. The van der Waals surface area contributed by atoms with Crippen LogP contribution in [-0.2, 0) is 55.9 Å². The molecule has 0 unspecified atom stereocenters. The zero-order valence-corrected chi connectivity index (χ0v) is 9.06. The molecule has 0 aromatic carbocycles. The summed E-state index contributed by atoms with van der Waals surface area (Å²) in [6, 6.07) is 0. The molecule has 0 aliphatic carbocycles. The molecule has 0 rings (SSSR count). The van der Waals surface area contributed by atoms with Gasteiger partial charge in [0.1, 0.15) is 0 Å². The molecule has 0 bridgehead atoms. The van der Waals surface area contributed by atoms with Crippen molar-refractivity contribution < 1.29 is 97.6 Å². The van der Waals surface area contributed by atoms with Crippen molar-refractivity contribution in [3.63, 3.8) is 0 Å². The van der Waals surface area contributed by atoms with Crippen molar-refractivity contribution in [3.8, 4) is 0 Å². The van der Waals surface area contributed by atoms with Crippen LogP contribution in [0.3, 0.4) is 0 Å². The van der Waals surface area contributed by atoms with Gasteiger partial charge in [0.25, 0.3) is 0 Å². The predicted molar refractivity (Wildman–Crippen MR) is 2.13 cm³/mol. The summed E-state index contributed by atoms with van der Waals surface area (Å²) in [5.41, 5.74) is 0. The SMILES string of the molecule is [Ce].[Fe].[Fe].[N].[Ti]. The first-order valence-electron chi connectivity index (χ1n) is 0. The first-order valence-corrected chi connectivity index (χ1v) is 0. The zero-order valence-electron chi connectivity index (χ0n) is 2.15. The van der Waals surface area contributed by atoms with E-state index in [0.29, 0.717) is 0 Å². The van der Waals surface area contributed by atoms with Crippen molar-refractivity contribution in [2.75, 3.05) is 0 Å². The van der Waals surface area contributed by atoms with Crippen molar-refractivity contribution >= 4 is 0 Å². The molecule has 3 radical (unpaired) electrons. The van der Waals surface area contributed by atoms with E-state index >= 15 is 0 Å². The molecule has 0 heterocycles. The van der Waals surface area contributed by atoms with Crippen LogP contribution in [0.1, 0.15) is 0 Å². The van der Waals surface area contributed by atoms with Gasteiger partial charge in [0.05, 0.1) is 0 Å². The quantitative estimate of drug-likeness (QED) is 0.541. The molecule has 0 saturated heterocycles. The maximum absolute atomic E-state index is 0. The minimum Gasteiger partial charge on any atom is 0 e. The monoisotopic (exact) mass is 314 g/mol. The fourth-order valence-corrected chi connectivity index (χ4v) is 0. The van der Waals surface area contributed by atoms with Gasteiger partial charge < -0.3 is 0 Å². The normalized spacial score (nSPS) is 0. The van der Waals surface area contributed by atoms with Gasteiger partial charge in [-0.3, -0.25) is 0 Å². The third-order valence-electron chi connectivity index (χ3n) is 0. The van der Waals surface area contributed by atoms with E-state index in [9.17, 15) is 0 Å². The third-order valence-corrected chi connectivity index (χ3v) is 0. The smallest absolute Gasteiger partial charge is 0 e. The molecule has 5 heavy (non-hydrogen) atoms. The Labute approximate surface area is 102 Å². The molecule has 0 spiro atoms. The summed E-state index contributed by atoms with van der Waals surface area (Å²) in [5.74, 6) is 0. The largest absolute Gasteiger partial charge is 0 e. The number of hydrogen-bond acceptors (Lipinski definition) is 0. The van der Waals surface area contributed by atoms with E-state index in [0.717, 1.165) is 0 Å². The summed E-state index contributed by atoms with van der Waals surface area (Å²) >= 11 is 0. The first-order chi connectivity index (χ1) is 0. The van der Waals surface area contributed by atoms with Crippen LogP contribution in [0.25, 0.3) is 0 Å². The average molecular weight is 314 g/mol. The van der Waals surface area contributed by atoms with Crippen molar-refractivity contribution in [1.82, 2.24) is 6.15 Å². The molecule has 0 aromatic heterocycles. The second kappa shape index (κ2) is 27.5. The Kier molecular flexibility index (Phi) is 235. The minimum absolute atomic E-state index is 0. The molecule has 0 N–H and O–H groups in total. The first kappa shape index (κ1) is 42.6. The second-order valence-electron chi connectivity index (χ2n) is 0. The Morgan fingerprint density at radius 3 is 0.800 bits per heavy atom. The predicted octanol–water partition coefficient (Wildman–Crippen LogP) is -0.488. The molecule has 29 valence electrons. The topological polar surface area (TPSA) is 30.5 Å². The van der Waals surface area contributed by atoms with Crippen LogP contribution in [-0.4, -0.2) is 0 Å². The van der Waals surface area contributed by atoms with E-state index in [1.54, 1.807) is 0 Å². The van der Waals surface area contributed by atoms with Gasteiger partial charge in [0.15, 0.2) is 0 Å². The van der Waals surface area contributed by atoms with Crippen LogP contribution in [0.5, 0.6) is 0 Å². The Morgan fingerprint density at radius 2 is 0.800 bits per heavy atom. The maximum Gasteiger partial charge on any atom is 0 e. The van der Waals surface area contributed by atoms with E-state index in [1.807, 2.05) is 0 Å². The van der Waals surface area contributed by atoms with Gasteiger partial charge in [-0.25, -0.2) is 0 Å². The molecule has 0 saturated carbocycles. The summed E-state index contributed by atoms with van der Waals surface area (Å²) in [6.45, 7) is 0. The minimum atomic E-state index is 0. The summed E-state index contributed by atoms with van der Waals surface area (Å²) < 4.78 is 0. The molecule has 0 amide bonds. The Balaban J connectivity index is 0. The van der Waals surface area contributed by atoms with Crippen LogP contribution < -0.4 is 6.15 Å². The van der Waals surface area contributed by atoms with E-state index in [2.05, 4.69) is 0 Å². The average Bonchev–Trinajstić information content (AvgIpc) is 0. The van der Waals surface area contributed by atoms with Crippen molar-refractivity contribution in [2.24, 2.45) is 0 Å². The fraction of sp³-hybridized carbons (Fsp3) is 0. The summed E-state index contributed by atoms with van der Waals surface area (Å²) in [6.07, 6.45) is 0. The number of hydrogen-bond donors (Lipinski definition) is 0. The van der Waals surface area contributed by atoms with E-state index in [1.165, 1.54) is 0 Å². The van der Waals surface area contributed by atoms with Crippen molar-refractivity contribution in [2.45, 2.75) is 0 Å². The Bertz CT molecular complexity index is 9.61. The van der Waals surface area contributed by atoms with Gasteiger partial charge in [-0.15, -0.1) is 0 Å². The van der Waals surface area contributed by atoms with Crippen LogP contribution in [0.4, 0.5) is 0 Å². The fourth-order valence-electron chi connectivity index (χ4n) is 0. The van der Waals surface area contributed by atoms with E-state index in [4.69, 9.17) is 0 Å². The van der Waals surface area contributed by atoms with Crippen molar-refractivity contribution in [3.05, 3.63) is 0 Å². The second-order valence-corrected chi connectivity index (χ2v) is 0. The third kappa shape index (κ3) is 19.2. The molecule has 5 heteroatoms. The van der Waals surface area contributed by atoms with Crippen LogP contribution in [0, 0.1) is 41.7 Å². The number of nitrogens with zero attached hydrogens (tertiary/aromatic N) is 1. The molecule has 0 aromatic rings. The Morgan fingerprint density at radius 1 is 0.800 bits per heavy atom. The van der Waals surface area contributed by atoms with Gasteiger partial charge >= 0.3 is 0 Å². The molecule has 0 aliphatic rings. The molecular weight excluding hydrogens is 314 g/mol. The molecular formula is CeFe2NTi. The Hall–Kier alpha value is 3.09. The van der Waals surface area contributed by atoms with Gasteiger partial charge in [-0.2, -0.15) is 0 Å².